The molecule has 0 radical (unpaired) electrons. The van der Waals surface area contributed by atoms with Gasteiger partial charge in [0.15, 0.2) is 0 Å². The molecule has 1 heterocycles. The second-order valence-electron chi connectivity index (χ2n) is 5.35. The molecule has 20 heavy (non-hydrogen) atoms. The average molecular weight is 368 g/mol. The third-order valence-electron chi connectivity index (χ3n) is 3.69. The van der Waals surface area contributed by atoms with Crippen LogP contribution in [-0.4, -0.2) is 25.8 Å². The molecule has 0 aromatic heterocycles. The first-order valence-corrected chi connectivity index (χ1v) is 8.61. The van der Waals surface area contributed by atoms with E-state index >= 15 is 0 Å². The van der Waals surface area contributed by atoms with Gasteiger partial charge in [0.1, 0.15) is 16.5 Å². The van der Waals surface area contributed by atoms with Crippen molar-refractivity contribution in [1.82, 2.24) is 4.31 Å². The zero-order valence-electron chi connectivity index (χ0n) is 11.2. The normalized spacial score (nSPS) is 20.8. The monoisotopic (exact) mass is 367 g/mol. The van der Waals surface area contributed by atoms with Crippen LogP contribution in [0.4, 0.5) is 8.78 Å². The van der Waals surface area contributed by atoms with Gasteiger partial charge in [0.2, 0.25) is 10.0 Å². The standard InChI is InChI=1S/C13H16BrF2NO2S/c1-8(2)9-3-4-17(7-9)20(18,19)13-11(14)5-10(15)6-12(13)16/h5-6,8-9H,3-4,7H2,1-2H3. The van der Waals surface area contributed by atoms with E-state index in [2.05, 4.69) is 15.9 Å². The molecule has 2 rings (SSSR count). The second-order valence-corrected chi connectivity index (χ2v) is 8.08. The number of sulfonamides is 1. The minimum Gasteiger partial charge on any atom is -0.207 e. The first-order chi connectivity index (χ1) is 9.23. The van der Waals surface area contributed by atoms with Crippen LogP contribution in [0.15, 0.2) is 21.5 Å². The molecule has 0 N–H and O–H groups in total. The molecule has 1 aromatic rings. The number of hydrogen-bond donors (Lipinski definition) is 0. The number of halogens is 3. The topological polar surface area (TPSA) is 37.4 Å². The Labute approximate surface area is 126 Å². The van der Waals surface area contributed by atoms with Crippen LogP contribution in [0.1, 0.15) is 20.3 Å². The summed E-state index contributed by atoms with van der Waals surface area (Å²) in [6, 6.07) is 1.56. The largest absolute Gasteiger partial charge is 0.247 e. The minimum atomic E-state index is -3.94. The summed E-state index contributed by atoms with van der Waals surface area (Å²) in [6.45, 7) is 4.82. The van der Waals surface area contributed by atoms with Crippen LogP contribution in [0.5, 0.6) is 0 Å². The Morgan fingerprint density at radius 3 is 2.50 bits per heavy atom. The van der Waals surface area contributed by atoms with Gasteiger partial charge in [0, 0.05) is 23.6 Å². The highest BCUT2D eigenvalue weighted by atomic mass is 79.9. The lowest BCUT2D eigenvalue weighted by Gasteiger charge is -2.19. The Kier molecular flexibility index (Phi) is 4.51. The summed E-state index contributed by atoms with van der Waals surface area (Å²) in [4.78, 5) is -0.483. The average Bonchev–Trinajstić information content (AvgIpc) is 2.76. The highest BCUT2D eigenvalue weighted by Crippen LogP contribution is 2.33. The third kappa shape index (κ3) is 2.89. The molecule has 1 atom stereocenters. The van der Waals surface area contributed by atoms with E-state index in [0.29, 0.717) is 25.1 Å². The van der Waals surface area contributed by atoms with Gasteiger partial charge in [-0.3, -0.25) is 0 Å². The van der Waals surface area contributed by atoms with Crippen LogP contribution < -0.4 is 0 Å². The summed E-state index contributed by atoms with van der Waals surface area (Å²) in [6.07, 6.45) is 0.761. The summed E-state index contributed by atoms with van der Waals surface area (Å²) in [7, 11) is -3.94. The quantitative estimate of drug-likeness (QED) is 0.820. The third-order valence-corrected chi connectivity index (χ3v) is 6.52. The van der Waals surface area contributed by atoms with Gasteiger partial charge in [-0.05, 0) is 40.3 Å². The van der Waals surface area contributed by atoms with E-state index in [1.54, 1.807) is 0 Å². The van der Waals surface area contributed by atoms with Crippen molar-refractivity contribution in [3.05, 3.63) is 28.2 Å². The lowest BCUT2D eigenvalue weighted by molar-refractivity contribution is 0.387. The van der Waals surface area contributed by atoms with Crippen molar-refractivity contribution in [2.75, 3.05) is 13.1 Å². The molecule has 1 unspecified atom stereocenters. The van der Waals surface area contributed by atoms with Crippen molar-refractivity contribution >= 4 is 26.0 Å². The highest BCUT2D eigenvalue weighted by Gasteiger charge is 2.36. The predicted octanol–water partition coefficient (Wildman–Crippen LogP) is 3.39. The molecule has 1 aromatic carbocycles. The Bertz CT molecular complexity index is 596. The zero-order chi connectivity index (χ0) is 15.1. The lowest BCUT2D eigenvalue weighted by atomic mass is 9.96. The van der Waals surface area contributed by atoms with E-state index in [0.717, 1.165) is 12.5 Å². The summed E-state index contributed by atoms with van der Waals surface area (Å²) in [5, 5.41) is 0. The molecular weight excluding hydrogens is 352 g/mol. The van der Waals surface area contributed by atoms with E-state index in [-0.39, 0.29) is 10.4 Å². The highest BCUT2D eigenvalue weighted by molar-refractivity contribution is 9.10. The van der Waals surface area contributed by atoms with Gasteiger partial charge in [-0.2, -0.15) is 4.31 Å². The Morgan fingerprint density at radius 2 is 2.00 bits per heavy atom. The fourth-order valence-electron chi connectivity index (χ4n) is 2.42. The number of benzene rings is 1. The Hall–Kier alpha value is -0.530. The maximum Gasteiger partial charge on any atom is 0.247 e. The first-order valence-electron chi connectivity index (χ1n) is 6.38. The fraction of sp³-hybridized carbons (Fsp3) is 0.538. The van der Waals surface area contributed by atoms with Gasteiger partial charge in [-0.15, -0.1) is 0 Å². The maximum atomic E-state index is 13.8. The second kappa shape index (κ2) is 5.69. The molecule has 0 bridgehead atoms. The summed E-state index contributed by atoms with van der Waals surface area (Å²) in [5.74, 6) is -1.23. The molecule has 1 fully saturated rings. The van der Waals surface area contributed by atoms with E-state index in [4.69, 9.17) is 0 Å². The van der Waals surface area contributed by atoms with Gasteiger partial charge in [0.05, 0.1) is 0 Å². The van der Waals surface area contributed by atoms with Crippen LogP contribution in [0.2, 0.25) is 0 Å². The fourth-order valence-corrected chi connectivity index (χ4v) is 5.05. The van der Waals surface area contributed by atoms with Crippen molar-refractivity contribution < 1.29 is 17.2 Å². The lowest BCUT2D eigenvalue weighted by Crippen LogP contribution is -2.30. The number of hydrogen-bond acceptors (Lipinski definition) is 2. The molecule has 1 aliphatic heterocycles. The van der Waals surface area contributed by atoms with Crippen molar-refractivity contribution in [3.63, 3.8) is 0 Å². The van der Waals surface area contributed by atoms with Crippen molar-refractivity contribution in [3.8, 4) is 0 Å². The molecule has 0 amide bonds. The van der Waals surface area contributed by atoms with Crippen LogP contribution in [0.25, 0.3) is 0 Å². The molecule has 112 valence electrons. The molecule has 0 aliphatic carbocycles. The maximum absolute atomic E-state index is 13.8. The van der Waals surface area contributed by atoms with E-state index in [9.17, 15) is 17.2 Å². The van der Waals surface area contributed by atoms with Gasteiger partial charge >= 0.3 is 0 Å². The van der Waals surface area contributed by atoms with Crippen molar-refractivity contribution in [1.29, 1.82) is 0 Å². The van der Waals surface area contributed by atoms with Gasteiger partial charge in [-0.1, -0.05) is 13.8 Å². The van der Waals surface area contributed by atoms with Crippen LogP contribution >= 0.6 is 15.9 Å². The van der Waals surface area contributed by atoms with Crippen LogP contribution in [0, 0.1) is 23.5 Å². The molecule has 3 nitrogen and oxygen atoms in total. The predicted molar refractivity (Wildman–Crippen MR) is 75.8 cm³/mol. The van der Waals surface area contributed by atoms with Gasteiger partial charge < -0.3 is 0 Å². The summed E-state index contributed by atoms with van der Waals surface area (Å²) >= 11 is 2.94. The molecule has 7 heteroatoms. The Morgan fingerprint density at radius 1 is 1.35 bits per heavy atom. The first kappa shape index (κ1) is 15.9. The molecule has 1 saturated heterocycles. The molecule has 0 spiro atoms. The summed E-state index contributed by atoms with van der Waals surface area (Å²) < 4.78 is 53.1. The van der Waals surface area contributed by atoms with Crippen LogP contribution in [-0.2, 0) is 10.0 Å². The van der Waals surface area contributed by atoms with Gasteiger partial charge in [-0.25, -0.2) is 17.2 Å². The summed E-state index contributed by atoms with van der Waals surface area (Å²) in [5.41, 5.74) is 0. The van der Waals surface area contributed by atoms with E-state index in [1.807, 2.05) is 13.8 Å². The number of nitrogens with zero attached hydrogens (tertiary/aromatic N) is 1. The smallest absolute Gasteiger partial charge is 0.207 e. The van der Waals surface area contributed by atoms with E-state index in [1.165, 1.54) is 4.31 Å². The molecule has 1 aliphatic rings. The minimum absolute atomic E-state index is 0.0806. The van der Waals surface area contributed by atoms with Gasteiger partial charge in [0.25, 0.3) is 0 Å². The zero-order valence-corrected chi connectivity index (χ0v) is 13.6. The van der Waals surface area contributed by atoms with Crippen LogP contribution in [0.3, 0.4) is 0 Å². The SMILES string of the molecule is CC(C)C1CCN(S(=O)(=O)c2c(F)cc(F)cc2Br)C1. The van der Waals surface area contributed by atoms with E-state index < -0.39 is 26.6 Å². The Balaban J connectivity index is 2.38. The molecular formula is C13H16BrF2NO2S. The van der Waals surface area contributed by atoms with Crippen molar-refractivity contribution in [2.24, 2.45) is 11.8 Å². The molecule has 0 saturated carbocycles. The van der Waals surface area contributed by atoms with Crippen molar-refractivity contribution in [2.45, 2.75) is 25.2 Å². The number of rotatable bonds is 3.